The van der Waals surface area contributed by atoms with E-state index in [9.17, 15) is 9.59 Å². The molecule has 1 aromatic rings. The van der Waals surface area contributed by atoms with Crippen molar-refractivity contribution in [3.63, 3.8) is 0 Å². The molecule has 1 rings (SSSR count). The van der Waals surface area contributed by atoms with Crippen LogP contribution in [0.5, 0.6) is 0 Å². The minimum absolute atomic E-state index is 0.426. The fraction of sp³-hybridized carbons (Fsp3) is 0.273. The summed E-state index contributed by atoms with van der Waals surface area (Å²) >= 11 is 0. The largest absolute Gasteiger partial charge is 0.323 e. The molecule has 0 saturated carbocycles. The zero-order valence-corrected chi connectivity index (χ0v) is 9.44. The third-order valence-corrected chi connectivity index (χ3v) is 1.53. The molecule has 0 aromatic heterocycles. The van der Waals surface area contributed by atoms with Gasteiger partial charge in [0.15, 0.2) is 0 Å². The number of aliphatic imine (C=N–C) groups is 2. The Morgan fingerprint density at radius 1 is 1.12 bits per heavy atom. The number of isocyanates is 2. The molecule has 0 amide bonds. The normalized spacial score (nSPS) is 7.94. The predicted molar refractivity (Wildman–Crippen MR) is 61.7 cm³/mol. The lowest BCUT2D eigenvalue weighted by Crippen LogP contribution is -1.89. The maximum Gasteiger partial charge on any atom is 0.240 e. The number of hydrogen-bond donors (Lipinski definition) is 1. The summed E-state index contributed by atoms with van der Waals surface area (Å²) in [6.07, 6.45) is 2.84. The van der Waals surface area contributed by atoms with Crippen LogP contribution in [0, 0.1) is 6.92 Å². The summed E-state index contributed by atoms with van der Waals surface area (Å²) in [6, 6.07) is 4.88. The molecule has 0 saturated heterocycles. The first-order valence-electron chi connectivity index (χ1n) is 4.54. The summed E-state index contributed by atoms with van der Waals surface area (Å²) < 4.78 is 0. The number of hydrogen-bond acceptors (Lipinski definition) is 5. The third kappa shape index (κ3) is 4.98. The standard InChI is InChI=1S/C9H6N2O2.C2H7N/c1-7-2-3-8(10-5-12)4-9(7)11-6-13;1-3-2/h2-4H,1H3;3H,1-2H3. The monoisotopic (exact) mass is 219 g/mol. The molecule has 0 unspecified atom stereocenters. The molecule has 5 heteroatoms. The Hall–Kier alpha value is -2.06. The summed E-state index contributed by atoms with van der Waals surface area (Å²) in [6.45, 7) is 1.80. The highest BCUT2D eigenvalue weighted by Gasteiger charge is 1.97. The van der Waals surface area contributed by atoms with Gasteiger partial charge in [0.25, 0.3) is 0 Å². The van der Waals surface area contributed by atoms with Crippen molar-refractivity contribution in [2.24, 2.45) is 9.98 Å². The molecule has 0 heterocycles. The highest BCUT2D eigenvalue weighted by Crippen LogP contribution is 2.23. The summed E-state index contributed by atoms with van der Waals surface area (Å²) in [7, 11) is 3.75. The fourth-order valence-corrected chi connectivity index (χ4v) is 0.890. The molecular weight excluding hydrogens is 206 g/mol. The second-order valence-corrected chi connectivity index (χ2v) is 2.88. The van der Waals surface area contributed by atoms with Gasteiger partial charge in [0, 0.05) is 0 Å². The topological polar surface area (TPSA) is 70.9 Å². The summed E-state index contributed by atoms with van der Waals surface area (Å²) in [4.78, 5) is 26.8. The van der Waals surface area contributed by atoms with Crippen LogP contribution in [-0.2, 0) is 9.59 Å². The Bertz CT molecular complexity index is 431. The lowest BCUT2D eigenvalue weighted by atomic mass is 10.2. The Morgan fingerprint density at radius 3 is 2.19 bits per heavy atom. The van der Waals surface area contributed by atoms with Crippen LogP contribution in [0.1, 0.15) is 5.56 Å². The first-order valence-corrected chi connectivity index (χ1v) is 4.54. The number of aryl methyl sites for hydroxylation is 1. The van der Waals surface area contributed by atoms with Crippen LogP contribution in [0.4, 0.5) is 11.4 Å². The lowest BCUT2D eigenvalue weighted by Gasteiger charge is -1.97. The van der Waals surface area contributed by atoms with Crippen LogP contribution in [0.15, 0.2) is 28.2 Å². The highest BCUT2D eigenvalue weighted by atomic mass is 16.1. The molecule has 0 aliphatic rings. The molecule has 1 aromatic carbocycles. The SMILES string of the molecule is CNC.Cc1ccc(N=C=O)cc1N=C=O. The number of nitrogens with zero attached hydrogens (tertiary/aromatic N) is 2. The van der Waals surface area contributed by atoms with Crippen molar-refractivity contribution < 1.29 is 9.59 Å². The highest BCUT2D eigenvalue weighted by molar-refractivity contribution is 5.61. The van der Waals surface area contributed by atoms with E-state index in [0.717, 1.165) is 5.56 Å². The Labute approximate surface area is 93.9 Å². The zero-order valence-electron chi connectivity index (χ0n) is 9.44. The van der Waals surface area contributed by atoms with E-state index in [0.29, 0.717) is 11.4 Å². The molecule has 84 valence electrons. The Kier molecular flexibility index (Phi) is 7.20. The maximum atomic E-state index is 10.00. The quantitative estimate of drug-likeness (QED) is 0.608. The van der Waals surface area contributed by atoms with Crippen LogP contribution >= 0.6 is 0 Å². The van der Waals surface area contributed by atoms with Gasteiger partial charge in [-0.25, -0.2) is 9.59 Å². The molecule has 0 spiro atoms. The van der Waals surface area contributed by atoms with Crippen LogP contribution in [0.2, 0.25) is 0 Å². The van der Waals surface area contributed by atoms with Crippen LogP contribution in [0.25, 0.3) is 0 Å². The van der Waals surface area contributed by atoms with E-state index < -0.39 is 0 Å². The van der Waals surface area contributed by atoms with E-state index in [-0.39, 0.29) is 0 Å². The smallest absolute Gasteiger partial charge is 0.240 e. The van der Waals surface area contributed by atoms with E-state index in [1.54, 1.807) is 19.1 Å². The maximum absolute atomic E-state index is 10.00. The number of rotatable bonds is 2. The molecule has 16 heavy (non-hydrogen) atoms. The van der Waals surface area contributed by atoms with Gasteiger partial charge >= 0.3 is 0 Å². The van der Waals surface area contributed by atoms with Gasteiger partial charge < -0.3 is 5.32 Å². The van der Waals surface area contributed by atoms with Gasteiger partial charge in [-0.05, 0) is 38.7 Å². The van der Waals surface area contributed by atoms with E-state index in [1.807, 2.05) is 14.1 Å². The number of carbonyl (C=O) groups excluding carboxylic acids is 2. The van der Waals surface area contributed by atoms with Gasteiger partial charge in [0.2, 0.25) is 12.2 Å². The molecule has 0 fully saturated rings. The van der Waals surface area contributed by atoms with Crippen molar-refractivity contribution in [1.29, 1.82) is 0 Å². The average Bonchev–Trinajstić information content (AvgIpc) is 2.25. The van der Waals surface area contributed by atoms with Crippen molar-refractivity contribution in [3.8, 4) is 0 Å². The molecule has 0 aliphatic heterocycles. The average molecular weight is 219 g/mol. The lowest BCUT2D eigenvalue weighted by molar-refractivity contribution is 0.565. The van der Waals surface area contributed by atoms with Crippen LogP contribution < -0.4 is 5.32 Å². The van der Waals surface area contributed by atoms with Gasteiger partial charge in [0.1, 0.15) is 0 Å². The van der Waals surface area contributed by atoms with Crippen molar-refractivity contribution in [2.45, 2.75) is 6.92 Å². The molecule has 5 nitrogen and oxygen atoms in total. The summed E-state index contributed by atoms with van der Waals surface area (Å²) in [5.41, 5.74) is 1.72. The van der Waals surface area contributed by atoms with Crippen molar-refractivity contribution in [1.82, 2.24) is 5.32 Å². The minimum Gasteiger partial charge on any atom is -0.323 e. The van der Waals surface area contributed by atoms with Crippen LogP contribution in [0.3, 0.4) is 0 Å². The third-order valence-electron chi connectivity index (χ3n) is 1.53. The Balaban J connectivity index is 0.000000673. The van der Waals surface area contributed by atoms with Gasteiger partial charge in [-0.15, -0.1) is 0 Å². The molecule has 1 N–H and O–H groups in total. The summed E-state index contributed by atoms with van der Waals surface area (Å²) in [5.74, 6) is 0. The second-order valence-electron chi connectivity index (χ2n) is 2.88. The fourth-order valence-electron chi connectivity index (χ4n) is 0.890. The van der Waals surface area contributed by atoms with E-state index in [2.05, 4.69) is 15.3 Å². The molecular formula is C11H13N3O2. The first-order chi connectivity index (χ1) is 7.69. The number of nitrogens with one attached hydrogen (secondary N) is 1. The molecule has 0 radical (unpaired) electrons. The van der Waals surface area contributed by atoms with Gasteiger partial charge in [0.05, 0.1) is 11.4 Å². The second kappa shape index (κ2) is 8.26. The van der Waals surface area contributed by atoms with E-state index in [1.165, 1.54) is 18.2 Å². The number of benzene rings is 1. The molecule has 0 bridgehead atoms. The Morgan fingerprint density at radius 2 is 1.69 bits per heavy atom. The molecule has 0 atom stereocenters. The van der Waals surface area contributed by atoms with E-state index in [4.69, 9.17) is 0 Å². The van der Waals surface area contributed by atoms with Crippen molar-refractivity contribution >= 4 is 23.5 Å². The predicted octanol–water partition coefficient (Wildman–Crippen LogP) is 1.77. The van der Waals surface area contributed by atoms with Gasteiger partial charge in [-0.1, -0.05) is 6.07 Å². The molecule has 0 aliphatic carbocycles. The van der Waals surface area contributed by atoms with Crippen molar-refractivity contribution in [3.05, 3.63) is 23.8 Å². The van der Waals surface area contributed by atoms with Crippen LogP contribution in [-0.4, -0.2) is 26.3 Å². The first kappa shape index (κ1) is 13.9. The van der Waals surface area contributed by atoms with Gasteiger partial charge in [-0.2, -0.15) is 9.98 Å². The van der Waals surface area contributed by atoms with Crippen molar-refractivity contribution in [2.75, 3.05) is 14.1 Å². The minimum atomic E-state index is 0.426. The summed E-state index contributed by atoms with van der Waals surface area (Å²) in [5, 5.41) is 2.75. The van der Waals surface area contributed by atoms with E-state index >= 15 is 0 Å². The zero-order chi connectivity index (χ0) is 12.4. The van der Waals surface area contributed by atoms with Gasteiger partial charge in [-0.3, -0.25) is 0 Å².